The zero-order valence-electron chi connectivity index (χ0n) is 17.7. The number of methoxy groups -OCH3 is 1. The zero-order valence-corrected chi connectivity index (χ0v) is 18.5. The van der Waals surface area contributed by atoms with Crippen molar-refractivity contribution in [1.29, 1.82) is 0 Å². The molecular formula is C21H24N4O5S. The Morgan fingerprint density at radius 3 is 2.39 bits per heavy atom. The van der Waals surface area contributed by atoms with E-state index in [0.717, 1.165) is 0 Å². The van der Waals surface area contributed by atoms with Gasteiger partial charge in [0.25, 0.3) is 15.9 Å². The van der Waals surface area contributed by atoms with E-state index in [-0.39, 0.29) is 10.6 Å². The summed E-state index contributed by atoms with van der Waals surface area (Å²) in [4.78, 5) is 12.5. The van der Waals surface area contributed by atoms with Gasteiger partial charge in [-0.1, -0.05) is 0 Å². The molecule has 0 radical (unpaired) electrons. The molecule has 10 heteroatoms. The van der Waals surface area contributed by atoms with Crippen LogP contribution < -0.4 is 19.5 Å². The number of aromatic nitrogens is 2. The SMILES string of the molecule is CCOc1ccc(NS(=O)(=O)c2cc(NC(=O)c3cnn(C)c3C)ccc2OC)cc1. The third kappa shape index (κ3) is 4.97. The van der Waals surface area contributed by atoms with Crippen molar-refractivity contribution in [2.24, 2.45) is 7.05 Å². The fourth-order valence-corrected chi connectivity index (χ4v) is 4.14. The van der Waals surface area contributed by atoms with Gasteiger partial charge in [-0.05, 0) is 56.3 Å². The lowest BCUT2D eigenvalue weighted by molar-refractivity contribution is 0.102. The van der Waals surface area contributed by atoms with E-state index in [1.165, 1.54) is 25.4 Å². The lowest BCUT2D eigenvalue weighted by Gasteiger charge is -2.14. The maximum Gasteiger partial charge on any atom is 0.265 e. The molecule has 3 rings (SSSR count). The molecule has 1 amide bonds. The smallest absolute Gasteiger partial charge is 0.265 e. The summed E-state index contributed by atoms with van der Waals surface area (Å²) in [5, 5.41) is 6.75. The molecule has 0 spiro atoms. The molecule has 0 saturated heterocycles. The zero-order chi connectivity index (χ0) is 22.6. The van der Waals surface area contributed by atoms with E-state index in [9.17, 15) is 13.2 Å². The number of nitrogens with one attached hydrogen (secondary N) is 2. The summed E-state index contributed by atoms with van der Waals surface area (Å²) in [5.74, 6) is 0.394. The molecule has 0 aliphatic heterocycles. The van der Waals surface area contributed by atoms with Crippen LogP contribution in [0.2, 0.25) is 0 Å². The molecule has 31 heavy (non-hydrogen) atoms. The molecule has 0 bridgehead atoms. The van der Waals surface area contributed by atoms with E-state index < -0.39 is 15.9 Å². The summed E-state index contributed by atoms with van der Waals surface area (Å²) in [6, 6.07) is 10.9. The number of carbonyl (C=O) groups is 1. The molecule has 0 fully saturated rings. The lowest BCUT2D eigenvalue weighted by atomic mass is 10.2. The van der Waals surface area contributed by atoms with Gasteiger partial charge in [0.15, 0.2) is 0 Å². The predicted octanol–water partition coefficient (Wildman–Crippen LogP) is 3.19. The van der Waals surface area contributed by atoms with E-state index in [4.69, 9.17) is 9.47 Å². The molecule has 9 nitrogen and oxygen atoms in total. The molecule has 3 aromatic rings. The molecule has 0 unspecified atom stereocenters. The quantitative estimate of drug-likeness (QED) is 0.552. The summed E-state index contributed by atoms with van der Waals surface area (Å²) in [6.45, 7) is 4.15. The number of carbonyl (C=O) groups excluding carboxylic acids is 1. The Labute approximate surface area is 181 Å². The number of hydrogen-bond acceptors (Lipinski definition) is 6. The van der Waals surface area contributed by atoms with E-state index in [2.05, 4.69) is 15.1 Å². The maximum absolute atomic E-state index is 13.0. The van der Waals surface area contributed by atoms with Gasteiger partial charge in [0.2, 0.25) is 0 Å². The number of amides is 1. The first-order valence-corrected chi connectivity index (χ1v) is 11.0. The third-order valence-corrected chi connectivity index (χ3v) is 6.01. The maximum atomic E-state index is 13.0. The first kappa shape index (κ1) is 22.2. The van der Waals surface area contributed by atoms with Crippen LogP contribution >= 0.6 is 0 Å². The van der Waals surface area contributed by atoms with Crippen LogP contribution in [0.5, 0.6) is 11.5 Å². The van der Waals surface area contributed by atoms with Crippen molar-refractivity contribution < 1.29 is 22.7 Å². The van der Waals surface area contributed by atoms with Gasteiger partial charge in [-0.15, -0.1) is 0 Å². The number of benzene rings is 2. The number of anilines is 2. The Balaban J connectivity index is 1.86. The van der Waals surface area contributed by atoms with Crippen molar-refractivity contribution in [3.05, 3.63) is 59.9 Å². The minimum absolute atomic E-state index is 0.107. The highest BCUT2D eigenvalue weighted by Gasteiger charge is 2.22. The normalized spacial score (nSPS) is 11.1. The molecule has 0 aliphatic carbocycles. The molecule has 1 heterocycles. The van der Waals surface area contributed by atoms with Crippen LogP contribution in [0.1, 0.15) is 23.0 Å². The second-order valence-electron chi connectivity index (χ2n) is 6.65. The fourth-order valence-electron chi connectivity index (χ4n) is 2.88. The first-order valence-electron chi connectivity index (χ1n) is 9.49. The van der Waals surface area contributed by atoms with E-state index in [1.807, 2.05) is 6.92 Å². The van der Waals surface area contributed by atoms with E-state index >= 15 is 0 Å². The van der Waals surface area contributed by atoms with Crippen molar-refractivity contribution in [2.75, 3.05) is 23.8 Å². The Kier molecular flexibility index (Phi) is 6.50. The van der Waals surface area contributed by atoms with Crippen molar-refractivity contribution in [3.8, 4) is 11.5 Å². The highest BCUT2D eigenvalue weighted by Crippen LogP contribution is 2.29. The largest absolute Gasteiger partial charge is 0.495 e. The van der Waals surface area contributed by atoms with Gasteiger partial charge in [0.1, 0.15) is 16.4 Å². The number of rotatable bonds is 8. The molecule has 2 aromatic carbocycles. The van der Waals surface area contributed by atoms with Crippen molar-refractivity contribution in [1.82, 2.24) is 9.78 Å². The van der Waals surface area contributed by atoms with Gasteiger partial charge in [-0.2, -0.15) is 5.10 Å². The minimum atomic E-state index is -3.99. The Bertz CT molecular complexity index is 1190. The van der Waals surface area contributed by atoms with E-state index in [0.29, 0.717) is 35.0 Å². The predicted molar refractivity (Wildman–Crippen MR) is 117 cm³/mol. The monoisotopic (exact) mass is 444 g/mol. The summed E-state index contributed by atoms with van der Waals surface area (Å²) < 4.78 is 40.7. The molecule has 1 aromatic heterocycles. The van der Waals surface area contributed by atoms with E-state index in [1.54, 1.807) is 49.0 Å². The molecule has 2 N–H and O–H groups in total. The average Bonchev–Trinajstić information content (AvgIpc) is 3.08. The molecular weight excluding hydrogens is 420 g/mol. The summed E-state index contributed by atoms with van der Waals surface area (Å²) >= 11 is 0. The summed E-state index contributed by atoms with van der Waals surface area (Å²) in [7, 11) is -0.881. The van der Waals surface area contributed by atoms with Crippen LogP contribution in [0.15, 0.2) is 53.6 Å². The Morgan fingerprint density at radius 2 is 1.81 bits per heavy atom. The molecule has 164 valence electrons. The number of sulfonamides is 1. The lowest BCUT2D eigenvalue weighted by Crippen LogP contribution is -2.16. The van der Waals surface area contributed by atoms with Crippen LogP contribution in [0.25, 0.3) is 0 Å². The third-order valence-electron chi connectivity index (χ3n) is 4.61. The topological polar surface area (TPSA) is 112 Å². The molecule has 0 atom stereocenters. The first-order chi connectivity index (χ1) is 14.7. The Morgan fingerprint density at radius 1 is 1.13 bits per heavy atom. The van der Waals surface area contributed by atoms with Gasteiger partial charge < -0.3 is 14.8 Å². The van der Waals surface area contributed by atoms with Gasteiger partial charge in [-0.3, -0.25) is 14.2 Å². The number of aryl methyl sites for hydroxylation is 1. The fraction of sp³-hybridized carbons (Fsp3) is 0.238. The van der Waals surface area contributed by atoms with Gasteiger partial charge in [0.05, 0.1) is 25.5 Å². The second kappa shape index (κ2) is 9.09. The average molecular weight is 445 g/mol. The van der Waals surface area contributed by atoms with Crippen LogP contribution in [0.3, 0.4) is 0 Å². The molecule has 0 aliphatic rings. The van der Waals surface area contributed by atoms with Crippen LogP contribution in [-0.2, 0) is 17.1 Å². The second-order valence-corrected chi connectivity index (χ2v) is 8.30. The summed E-state index contributed by atoms with van der Waals surface area (Å²) in [6.07, 6.45) is 1.46. The van der Waals surface area contributed by atoms with Crippen molar-refractivity contribution >= 4 is 27.3 Å². The summed E-state index contributed by atoms with van der Waals surface area (Å²) in [5.41, 5.74) is 1.76. The molecule has 0 saturated carbocycles. The number of ether oxygens (including phenoxy) is 2. The van der Waals surface area contributed by atoms with Crippen LogP contribution in [-0.4, -0.2) is 37.8 Å². The Hall–Kier alpha value is -3.53. The van der Waals surface area contributed by atoms with Gasteiger partial charge in [0, 0.05) is 24.1 Å². The number of hydrogen-bond donors (Lipinski definition) is 2. The number of nitrogens with zero attached hydrogens (tertiary/aromatic N) is 2. The highest BCUT2D eigenvalue weighted by atomic mass is 32.2. The van der Waals surface area contributed by atoms with Crippen molar-refractivity contribution in [3.63, 3.8) is 0 Å². The van der Waals surface area contributed by atoms with Gasteiger partial charge >= 0.3 is 0 Å². The minimum Gasteiger partial charge on any atom is -0.495 e. The highest BCUT2D eigenvalue weighted by molar-refractivity contribution is 7.92. The van der Waals surface area contributed by atoms with Crippen LogP contribution in [0.4, 0.5) is 11.4 Å². The van der Waals surface area contributed by atoms with Crippen LogP contribution in [0, 0.1) is 6.92 Å². The van der Waals surface area contributed by atoms with Gasteiger partial charge in [-0.25, -0.2) is 8.42 Å². The standard InChI is InChI=1S/C21H24N4O5S/c1-5-30-17-9-6-15(7-10-17)24-31(27,28)20-12-16(8-11-19(20)29-4)23-21(26)18-13-22-25(3)14(18)2/h6-13,24H,5H2,1-4H3,(H,23,26). The van der Waals surface area contributed by atoms with Crippen molar-refractivity contribution in [2.45, 2.75) is 18.7 Å².